The van der Waals surface area contributed by atoms with Crippen LogP contribution in [0.3, 0.4) is 0 Å². The molecule has 0 N–H and O–H groups in total. The lowest BCUT2D eigenvalue weighted by molar-refractivity contribution is 0.0729. The normalized spacial score (nSPS) is 21.9. The Hall–Kier alpha value is -1.03. The van der Waals surface area contributed by atoms with E-state index in [-0.39, 0.29) is 5.91 Å². The van der Waals surface area contributed by atoms with Crippen LogP contribution in [0.5, 0.6) is 0 Å². The van der Waals surface area contributed by atoms with Crippen molar-refractivity contribution in [2.75, 3.05) is 18.8 Å². The topological polar surface area (TPSA) is 33.2 Å². The van der Waals surface area contributed by atoms with Gasteiger partial charge in [-0.15, -0.1) is 0 Å². The molecule has 1 aromatic rings. The minimum absolute atomic E-state index is 0.159. The van der Waals surface area contributed by atoms with Crippen LogP contribution in [-0.2, 0) is 0 Å². The van der Waals surface area contributed by atoms with Gasteiger partial charge in [-0.25, -0.2) is 0 Å². The summed E-state index contributed by atoms with van der Waals surface area (Å²) in [7, 11) is 0. The second-order valence-electron chi connectivity index (χ2n) is 6.07. The summed E-state index contributed by atoms with van der Waals surface area (Å²) in [6.07, 6.45) is 10.0. The number of rotatable bonds is 1. The molecular weight excluding hydrogens is 268 g/mol. The first kappa shape index (κ1) is 13.9. The first-order valence-corrected chi connectivity index (χ1v) is 8.52. The Labute approximate surface area is 125 Å². The summed E-state index contributed by atoms with van der Waals surface area (Å²) in [6, 6.07) is 1.95. The molecule has 20 heavy (non-hydrogen) atoms. The second kappa shape index (κ2) is 5.76. The fraction of sp³-hybridized carbons (Fsp3) is 0.625. The zero-order valence-corrected chi connectivity index (χ0v) is 12.9. The molecule has 0 unspecified atom stereocenters. The average molecular weight is 290 g/mol. The lowest BCUT2D eigenvalue weighted by Crippen LogP contribution is -2.49. The summed E-state index contributed by atoms with van der Waals surface area (Å²) >= 11 is 2.10. The smallest absolute Gasteiger partial charge is 0.255 e. The Bertz CT molecular complexity index is 491. The van der Waals surface area contributed by atoms with Gasteiger partial charge in [0.25, 0.3) is 5.91 Å². The summed E-state index contributed by atoms with van der Waals surface area (Å²) in [6.45, 7) is 3.78. The number of carbonyl (C=O) groups excluding carboxylic acids is 1. The van der Waals surface area contributed by atoms with E-state index >= 15 is 0 Å². The third-order valence-corrected chi connectivity index (χ3v) is 5.96. The quantitative estimate of drug-likeness (QED) is 0.796. The molecule has 0 aromatic carbocycles. The molecule has 1 aliphatic heterocycles. The molecule has 108 valence electrons. The number of amides is 1. The van der Waals surface area contributed by atoms with Crippen molar-refractivity contribution < 1.29 is 4.79 Å². The number of hydrogen-bond acceptors (Lipinski definition) is 3. The van der Waals surface area contributed by atoms with Crippen LogP contribution in [0.2, 0.25) is 0 Å². The van der Waals surface area contributed by atoms with Gasteiger partial charge in [-0.3, -0.25) is 9.78 Å². The Morgan fingerprint density at radius 3 is 2.85 bits per heavy atom. The first-order chi connectivity index (χ1) is 9.69. The molecule has 1 saturated heterocycles. The maximum atomic E-state index is 12.7. The number of aromatic nitrogens is 1. The molecule has 0 radical (unpaired) electrons. The molecule has 3 rings (SSSR count). The summed E-state index contributed by atoms with van der Waals surface area (Å²) in [5.74, 6) is 1.23. The van der Waals surface area contributed by atoms with Gasteiger partial charge in [0.05, 0.1) is 5.56 Å². The van der Waals surface area contributed by atoms with E-state index in [1.54, 1.807) is 12.4 Å². The van der Waals surface area contributed by atoms with Gasteiger partial charge in [0.1, 0.15) is 0 Å². The summed E-state index contributed by atoms with van der Waals surface area (Å²) < 4.78 is 0.337. The van der Waals surface area contributed by atoms with Crippen LogP contribution in [0.4, 0.5) is 0 Å². The standard InChI is InChI=1S/C16H22N2OS/c1-13-9-14(11-17-10-13)15(19)18-7-8-20-16(12-18)5-3-2-4-6-16/h9-11H,2-8,12H2,1H3. The van der Waals surface area contributed by atoms with Gasteiger partial charge < -0.3 is 4.90 Å². The van der Waals surface area contributed by atoms with E-state index in [1.165, 1.54) is 32.1 Å². The molecule has 3 nitrogen and oxygen atoms in total. The van der Waals surface area contributed by atoms with Gasteiger partial charge in [0, 0.05) is 36.0 Å². The fourth-order valence-corrected chi connectivity index (χ4v) is 4.94. The number of pyridine rings is 1. The Balaban J connectivity index is 1.74. The summed E-state index contributed by atoms with van der Waals surface area (Å²) in [5, 5.41) is 0. The molecule has 4 heteroatoms. The maximum absolute atomic E-state index is 12.7. The highest BCUT2D eigenvalue weighted by Gasteiger charge is 2.38. The summed E-state index contributed by atoms with van der Waals surface area (Å²) in [4.78, 5) is 18.9. The van der Waals surface area contributed by atoms with E-state index in [2.05, 4.69) is 21.6 Å². The van der Waals surface area contributed by atoms with Gasteiger partial charge in [-0.2, -0.15) is 11.8 Å². The average Bonchev–Trinajstić information content (AvgIpc) is 2.47. The van der Waals surface area contributed by atoms with E-state index < -0.39 is 0 Å². The van der Waals surface area contributed by atoms with Crippen molar-refractivity contribution in [3.05, 3.63) is 29.6 Å². The van der Waals surface area contributed by atoms with Gasteiger partial charge in [0.2, 0.25) is 0 Å². The van der Waals surface area contributed by atoms with Crippen molar-refractivity contribution in [3.8, 4) is 0 Å². The lowest BCUT2D eigenvalue weighted by Gasteiger charge is -2.44. The highest BCUT2D eigenvalue weighted by molar-refractivity contribution is 8.00. The first-order valence-electron chi connectivity index (χ1n) is 7.53. The molecule has 2 fully saturated rings. The van der Waals surface area contributed by atoms with Crippen LogP contribution in [0, 0.1) is 6.92 Å². The van der Waals surface area contributed by atoms with Crippen LogP contribution >= 0.6 is 11.8 Å². The van der Waals surface area contributed by atoms with E-state index in [9.17, 15) is 4.79 Å². The van der Waals surface area contributed by atoms with E-state index in [4.69, 9.17) is 0 Å². The third kappa shape index (κ3) is 2.85. The van der Waals surface area contributed by atoms with Crippen LogP contribution in [0.25, 0.3) is 0 Å². The molecule has 2 aliphatic rings. The zero-order valence-electron chi connectivity index (χ0n) is 12.1. The molecule has 0 bridgehead atoms. The maximum Gasteiger partial charge on any atom is 0.255 e. The van der Waals surface area contributed by atoms with Crippen LogP contribution in [0.1, 0.15) is 48.0 Å². The number of carbonyl (C=O) groups is 1. The number of nitrogens with zero attached hydrogens (tertiary/aromatic N) is 2. The highest BCUT2D eigenvalue weighted by Crippen LogP contribution is 2.42. The van der Waals surface area contributed by atoms with Crippen molar-refractivity contribution in [1.82, 2.24) is 9.88 Å². The van der Waals surface area contributed by atoms with E-state index in [0.717, 1.165) is 30.0 Å². The molecule has 1 saturated carbocycles. The second-order valence-corrected chi connectivity index (χ2v) is 7.63. The van der Waals surface area contributed by atoms with Crippen molar-refractivity contribution in [3.63, 3.8) is 0 Å². The highest BCUT2D eigenvalue weighted by atomic mass is 32.2. The van der Waals surface area contributed by atoms with Crippen LogP contribution in [0.15, 0.2) is 18.5 Å². The SMILES string of the molecule is Cc1cncc(C(=O)N2CCSC3(CCCCC3)C2)c1. The van der Waals surface area contributed by atoms with Gasteiger partial charge in [-0.05, 0) is 31.4 Å². The van der Waals surface area contributed by atoms with Crippen molar-refractivity contribution >= 4 is 17.7 Å². The van der Waals surface area contributed by atoms with Crippen LogP contribution < -0.4 is 0 Å². The van der Waals surface area contributed by atoms with Gasteiger partial charge in [-0.1, -0.05) is 19.3 Å². The fourth-order valence-electron chi connectivity index (χ4n) is 3.37. The van der Waals surface area contributed by atoms with Gasteiger partial charge in [0.15, 0.2) is 0 Å². The number of thioether (sulfide) groups is 1. The van der Waals surface area contributed by atoms with Gasteiger partial charge >= 0.3 is 0 Å². The van der Waals surface area contributed by atoms with Crippen molar-refractivity contribution in [1.29, 1.82) is 0 Å². The number of aryl methyl sites for hydroxylation is 1. The largest absolute Gasteiger partial charge is 0.336 e. The van der Waals surface area contributed by atoms with E-state index in [0.29, 0.717) is 4.75 Å². The number of hydrogen-bond donors (Lipinski definition) is 0. The molecule has 1 aromatic heterocycles. The third-order valence-electron chi connectivity index (χ3n) is 4.42. The minimum Gasteiger partial charge on any atom is -0.336 e. The monoisotopic (exact) mass is 290 g/mol. The van der Waals surface area contributed by atoms with Crippen LogP contribution in [-0.4, -0.2) is 39.4 Å². The Kier molecular flexibility index (Phi) is 4.01. The molecular formula is C16H22N2OS. The molecule has 1 spiro atoms. The Morgan fingerprint density at radius 2 is 2.10 bits per heavy atom. The minimum atomic E-state index is 0.159. The zero-order chi connectivity index (χ0) is 14.0. The predicted molar refractivity (Wildman–Crippen MR) is 83.2 cm³/mol. The molecule has 0 atom stereocenters. The van der Waals surface area contributed by atoms with Crippen molar-refractivity contribution in [2.24, 2.45) is 0 Å². The molecule has 1 amide bonds. The predicted octanol–water partition coefficient (Wildman–Crippen LogP) is 3.28. The van der Waals surface area contributed by atoms with Crippen molar-refractivity contribution in [2.45, 2.75) is 43.8 Å². The van der Waals surface area contributed by atoms with E-state index in [1.807, 2.05) is 13.0 Å². The lowest BCUT2D eigenvalue weighted by atomic mass is 9.87. The molecule has 2 heterocycles. The summed E-state index contributed by atoms with van der Waals surface area (Å²) in [5.41, 5.74) is 1.79. The Morgan fingerprint density at radius 1 is 1.30 bits per heavy atom. The molecule has 1 aliphatic carbocycles.